The van der Waals surface area contributed by atoms with E-state index in [1.165, 1.54) is 0 Å². The molecule has 0 bridgehead atoms. The van der Waals surface area contributed by atoms with Gasteiger partial charge in [-0.05, 0) is 5.56 Å². The molecule has 2 N–H and O–H groups in total. The fourth-order valence-electron chi connectivity index (χ4n) is 2.56. The highest BCUT2D eigenvalue weighted by Gasteiger charge is 2.48. The number of aliphatic hydroxyl groups excluding tert-OH is 2. The lowest BCUT2D eigenvalue weighted by Gasteiger charge is -2.41. The smallest absolute Gasteiger partial charge is 0.303 e. The first-order valence-corrected chi connectivity index (χ1v) is 7.86. The summed E-state index contributed by atoms with van der Waals surface area (Å²) in [5.74, 6) is -1.38. The Bertz CT molecular complexity index is 575. The van der Waals surface area contributed by atoms with Gasteiger partial charge in [-0.3, -0.25) is 9.59 Å². The highest BCUT2D eigenvalue weighted by Crippen LogP contribution is 2.25. The van der Waals surface area contributed by atoms with Crippen LogP contribution in [-0.2, 0) is 35.1 Å². The normalized spacial score (nSPS) is 29.0. The SMILES string of the molecule is CC(=O)O[C@@H]1[C@@H](OC(C)=O)[C@@H](O)[C@@H](COCc2ccccc2)O[C@@H]1O. The molecule has 1 aromatic rings. The molecule has 1 aliphatic heterocycles. The van der Waals surface area contributed by atoms with E-state index in [9.17, 15) is 19.8 Å². The summed E-state index contributed by atoms with van der Waals surface area (Å²) in [6, 6.07) is 9.38. The molecule has 1 aromatic carbocycles. The van der Waals surface area contributed by atoms with Crippen LogP contribution >= 0.6 is 0 Å². The Hall–Kier alpha value is -2.00. The second-order valence-corrected chi connectivity index (χ2v) is 5.70. The van der Waals surface area contributed by atoms with E-state index in [1.807, 2.05) is 30.3 Å². The molecule has 0 aliphatic carbocycles. The zero-order valence-corrected chi connectivity index (χ0v) is 14.0. The second-order valence-electron chi connectivity index (χ2n) is 5.70. The topological polar surface area (TPSA) is 112 Å². The van der Waals surface area contributed by atoms with E-state index in [0.29, 0.717) is 0 Å². The van der Waals surface area contributed by atoms with Crippen LogP contribution in [-0.4, -0.2) is 59.5 Å². The van der Waals surface area contributed by atoms with E-state index in [4.69, 9.17) is 18.9 Å². The third kappa shape index (κ3) is 5.50. The van der Waals surface area contributed by atoms with Gasteiger partial charge in [0.25, 0.3) is 0 Å². The van der Waals surface area contributed by atoms with Gasteiger partial charge in [0.05, 0.1) is 13.2 Å². The van der Waals surface area contributed by atoms with Gasteiger partial charge in [-0.25, -0.2) is 0 Å². The molecule has 0 radical (unpaired) electrons. The summed E-state index contributed by atoms with van der Waals surface area (Å²) in [6.07, 6.45) is -6.40. The Kier molecular flexibility index (Phi) is 6.89. The minimum Gasteiger partial charge on any atom is -0.455 e. The molecule has 8 nitrogen and oxygen atoms in total. The number of hydrogen-bond donors (Lipinski definition) is 2. The lowest BCUT2D eigenvalue weighted by Crippen LogP contribution is -2.61. The van der Waals surface area contributed by atoms with Crippen LogP contribution in [0.1, 0.15) is 19.4 Å². The molecule has 0 saturated carbocycles. The van der Waals surface area contributed by atoms with Crippen LogP contribution in [0, 0.1) is 0 Å². The van der Waals surface area contributed by atoms with Gasteiger partial charge in [0, 0.05) is 13.8 Å². The largest absolute Gasteiger partial charge is 0.455 e. The van der Waals surface area contributed by atoms with Crippen molar-refractivity contribution in [2.45, 2.75) is 51.2 Å². The van der Waals surface area contributed by atoms with Gasteiger partial charge < -0.3 is 29.2 Å². The van der Waals surface area contributed by atoms with Crippen molar-refractivity contribution in [2.75, 3.05) is 6.61 Å². The van der Waals surface area contributed by atoms with Crippen LogP contribution in [0.25, 0.3) is 0 Å². The van der Waals surface area contributed by atoms with Crippen molar-refractivity contribution in [2.24, 2.45) is 0 Å². The Morgan fingerprint density at radius 1 is 1.04 bits per heavy atom. The molecule has 1 fully saturated rings. The molecular weight excluding hydrogens is 332 g/mol. The van der Waals surface area contributed by atoms with Crippen molar-refractivity contribution < 1.29 is 38.7 Å². The maximum absolute atomic E-state index is 11.3. The summed E-state index contributed by atoms with van der Waals surface area (Å²) in [5, 5.41) is 20.4. The molecule has 0 spiro atoms. The molecule has 2 rings (SSSR count). The average molecular weight is 354 g/mol. The van der Waals surface area contributed by atoms with Crippen LogP contribution in [0.4, 0.5) is 0 Å². The van der Waals surface area contributed by atoms with E-state index in [0.717, 1.165) is 19.4 Å². The number of aliphatic hydroxyl groups is 2. The molecule has 25 heavy (non-hydrogen) atoms. The van der Waals surface area contributed by atoms with Crippen molar-refractivity contribution in [1.29, 1.82) is 0 Å². The summed E-state index contributed by atoms with van der Waals surface area (Å²) in [6.45, 7) is 2.53. The van der Waals surface area contributed by atoms with Crippen LogP contribution in [0.15, 0.2) is 30.3 Å². The molecule has 138 valence electrons. The molecule has 1 saturated heterocycles. The number of esters is 2. The predicted octanol–water partition coefficient (Wildman–Crippen LogP) is 0.145. The van der Waals surface area contributed by atoms with E-state index in [2.05, 4.69) is 0 Å². The Morgan fingerprint density at radius 3 is 2.24 bits per heavy atom. The van der Waals surface area contributed by atoms with Gasteiger partial charge in [0.15, 0.2) is 18.5 Å². The Labute approximate surface area is 145 Å². The van der Waals surface area contributed by atoms with Crippen LogP contribution in [0.5, 0.6) is 0 Å². The monoisotopic (exact) mass is 354 g/mol. The van der Waals surface area contributed by atoms with Crippen molar-refractivity contribution in [3.63, 3.8) is 0 Å². The Balaban J connectivity index is 1.99. The third-order valence-electron chi connectivity index (χ3n) is 3.63. The molecule has 0 unspecified atom stereocenters. The maximum atomic E-state index is 11.3. The third-order valence-corrected chi connectivity index (χ3v) is 3.63. The Morgan fingerprint density at radius 2 is 1.64 bits per heavy atom. The van der Waals surface area contributed by atoms with Gasteiger partial charge in [0.2, 0.25) is 0 Å². The number of carbonyl (C=O) groups excluding carboxylic acids is 2. The first-order chi connectivity index (χ1) is 11.9. The molecule has 1 aliphatic rings. The van der Waals surface area contributed by atoms with Gasteiger partial charge in [-0.2, -0.15) is 0 Å². The van der Waals surface area contributed by atoms with Gasteiger partial charge in [0.1, 0.15) is 12.2 Å². The summed E-state index contributed by atoms with van der Waals surface area (Å²) in [7, 11) is 0. The van der Waals surface area contributed by atoms with E-state index in [1.54, 1.807) is 0 Å². The number of carbonyl (C=O) groups is 2. The second kappa shape index (κ2) is 8.91. The van der Waals surface area contributed by atoms with Crippen LogP contribution in [0.3, 0.4) is 0 Å². The fourth-order valence-corrected chi connectivity index (χ4v) is 2.56. The highest BCUT2D eigenvalue weighted by atomic mass is 16.7. The van der Waals surface area contributed by atoms with Crippen molar-refractivity contribution in [3.05, 3.63) is 35.9 Å². The first kappa shape index (κ1) is 19.3. The molecule has 5 atom stereocenters. The predicted molar refractivity (Wildman–Crippen MR) is 84.1 cm³/mol. The molecule has 0 amide bonds. The van der Waals surface area contributed by atoms with Crippen molar-refractivity contribution in [3.8, 4) is 0 Å². The summed E-state index contributed by atoms with van der Waals surface area (Å²) >= 11 is 0. The standard InChI is InChI=1S/C17H22O8/c1-10(18)23-15-14(20)13(25-17(21)16(15)24-11(2)19)9-22-8-12-6-4-3-5-7-12/h3-7,13-17,20-21H,8-9H2,1-2H3/t13-,14+,15+,16-,17+/m1/s1. The summed E-state index contributed by atoms with van der Waals surface area (Å²) in [4.78, 5) is 22.4. The first-order valence-electron chi connectivity index (χ1n) is 7.86. The quantitative estimate of drug-likeness (QED) is 0.694. The van der Waals surface area contributed by atoms with Gasteiger partial charge >= 0.3 is 11.9 Å². The average Bonchev–Trinajstić information content (AvgIpc) is 2.55. The zero-order chi connectivity index (χ0) is 18.4. The number of hydrogen-bond acceptors (Lipinski definition) is 8. The fraction of sp³-hybridized carbons (Fsp3) is 0.529. The van der Waals surface area contributed by atoms with E-state index in [-0.39, 0.29) is 13.2 Å². The molecule has 0 aromatic heterocycles. The lowest BCUT2D eigenvalue weighted by atomic mass is 9.98. The van der Waals surface area contributed by atoms with Gasteiger partial charge in [-0.15, -0.1) is 0 Å². The minimum absolute atomic E-state index is 0.0440. The van der Waals surface area contributed by atoms with Crippen LogP contribution in [0.2, 0.25) is 0 Å². The van der Waals surface area contributed by atoms with Gasteiger partial charge in [-0.1, -0.05) is 30.3 Å². The number of rotatable bonds is 6. The van der Waals surface area contributed by atoms with Crippen LogP contribution < -0.4 is 0 Å². The summed E-state index contributed by atoms with van der Waals surface area (Å²) < 4.78 is 20.7. The summed E-state index contributed by atoms with van der Waals surface area (Å²) in [5.41, 5.74) is 0.933. The van der Waals surface area contributed by atoms with E-state index >= 15 is 0 Å². The molecule has 8 heteroatoms. The molecular formula is C17H22O8. The molecule has 1 heterocycles. The zero-order valence-electron chi connectivity index (χ0n) is 14.0. The highest BCUT2D eigenvalue weighted by molar-refractivity contribution is 5.67. The number of ether oxygens (including phenoxy) is 4. The number of benzene rings is 1. The van der Waals surface area contributed by atoms with E-state index < -0.39 is 42.6 Å². The lowest BCUT2D eigenvalue weighted by molar-refractivity contribution is -0.295. The maximum Gasteiger partial charge on any atom is 0.303 e. The van der Waals surface area contributed by atoms with Crippen molar-refractivity contribution in [1.82, 2.24) is 0 Å². The minimum atomic E-state index is -1.55. The van der Waals surface area contributed by atoms with Crippen molar-refractivity contribution >= 4 is 11.9 Å².